The summed E-state index contributed by atoms with van der Waals surface area (Å²) in [6.07, 6.45) is 6.32. The first kappa shape index (κ1) is 13.8. The number of ether oxygens (including phenoxy) is 1. The predicted octanol–water partition coefficient (Wildman–Crippen LogP) is 1.14. The molecule has 1 aliphatic rings. The third-order valence-corrected chi connectivity index (χ3v) is 2.66. The lowest BCUT2D eigenvalue weighted by Gasteiger charge is -2.31. The summed E-state index contributed by atoms with van der Waals surface area (Å²) in [6.45, 7) is 1.29. The van der Waals surface area contributed by atoms with Crippen molar-refractivity contribution in [3.05, 3.63) is 36.0 Å². The molecule has 4 nitrogen and oxygen atoms in total. The van der Waals surface area contributed by atoms with Crippen LogP contribution in [-0.4, -0.2) is 34.9 Å². The first-order valence-corrected chi connectivity index (χ1v) is 5.32. The van der Waals surface area contributed by atoms with Gasteiger partial charge in [0.1, 0.15) is 6.10 Å². The average molecular weight is 257 g/mol. The fraction of sp³-hybridized carbons (Fsp3) is 0.333. The maximum Gasteiger partial charge on any atom is 0.245 e. The van der Waals surface area contributed by atoms with Gasteiger partial charge in [-0.2, -0.15) is 0 Å². The van der Waals surface area contributed by atoms with Crippen LogP contribution in [-0.2, 0) is 14.3 Å². The lowest BCUT2D eigenvalue weighted by molar-refractivity contribution is -0.139. The van der Waals surface area contributed by atoms with E-state index >= 15 is 0 Å². The number of carbonyl (C=O) groups is 2. The summed E-state index contributed by atoms with van der Waals surface area (Å²) in [6, 6.07) is 0. The molecule has 2 unspecified atom stereocenters. The quantitative estimate of drug-likeness (QED) is 0.605. The maximum absolute atomic E-state index is 11.4. The number of carbonyl (C=O) groups excluding carboxylic acids is 2. The highest BCUT2D eigenvalue weighted by Gasteiger charge is 2.39. The van der Waals surface area contributed by atoms with E-state index in [-0.39, 0.29) is 0 Å². The lowest BCUT2D eigenvalue weighted by Crippen LogP contribution is -2.48. The first-order chi connectivity index (χ1) is 7.90. The van der Waals surface area contributed by atoms with E-state index in [0.717, 1.165) is 0 Å². The molecule has 2 atom stereocenters. The van der Waals surface area contributed by atoms with E-state index in [4.69, 9.17) is 16.3 Å². The van der Waals surface area contributed by atoms with E-state index < -0.39 is 22.7 Å². The van der Waals surface area contributed by atoms with Crippen LogP contribution in [0.4, 0.5) is 0 Å². The van der Waals surface area contributed by atoms with Crippen molar-refractivity contribution in [1.29, 1.82) is 0 Å². The standard InChI is InChI=1S/C12H13ClO4/c1-8(14)12(16)6-5-9(3-4-11(13)15)7-10(12)17-2/h3-7,10,16H,1-2H3/b4-3+. The van der Waals surface area contributed by atoms with Gasteiger partial charge in [0, 0.05) is 7.11 Å². The summed E-state index contributed by atoms with van der Waals surface area (Å²) in [7, 11) is 1.39. The summed E-state index contributed by atoms with van der Waals surface area (Å²) in [5.41, 5.74) is -1.02. The predicted molar refractivity (Wildman–Crippen MR) is 63.7 cm³/mol. The third-order valence-electron chi connectivity index (χ3n) is 2.53. The van der Waals surface area contributed by atoms with Gasteiger partial charge in [0.25, 0.3) is 0 Å². The minimum atomic E-state index is -1.66. The highest BCUT2D eigenvalue weighted by molar-refractivity contribution is 6.66. The van der Waals surface area contributed by atoms with Gasteiger partial charge in [-0.1, -0.05) is 12.2 Å². The SMILES string of the molecule is COC1C=C(/C=C/C(=O)Cl)C=CC1(O)C(C)=O. The van der Waals surface area contributed by atoms with E-state index in [0.29, 0.717) is 5.57 Å². The van der Waals surface area contributed by atoms with Gasteiger partial charge >= 0.3 is 0 Å². The van der Waals surface area contributed by atoms with Crippen molar-refractivity contribution in [1.82, 2.24) is 0 Å². The summed E-state index contributed by atoms with van der Waals surface area (Å²) in [5.74, 6) is -0.409. The molecule has 0 aromatic heterocycles. The number of aliphatic hydroxyl groups is 1. The zero-order valence-corrected chi connectivity index (χ0v) is 10.3. The largest absolute Gasteiger partial charge is 0.375 e. The molecule has 0 fully saturated rings. The van der Waals surface area contributed by atoms with Crippen molar-refractivity contribution in [2.45, 2.75) is 18.6 Å². The molecule has 5 heteroatoms. The van der Waals surface area contributed by atoms with Crippen LogP contribution >= 0.6 is 11.6 Å². The average Bonchev–Trinajstić information content (AvgIpc) is 2.27. The first-order valence-electron chi connectivity index (χ1n) is 4.95. The number of Topliss-reactive ketones (excluding diaryl/α,β-unsaturated/α-hetero) is 1. The number of halogens is 1. The Labute approximate surface area is 104 Å². The Kier molecular flexibility index (Phi) is 4.40. The van der Waals surface area contributed by atoms with Crippen molar-refractivity contribution in [3.63, 3.8) is 0 Å². The van der Waals surface area contributed by atoms with E-state index in [9.17, 15) is 14.7 Å². The van der Waals surface area contributed by atoms with Crippen LogP contribution in [0.25, 0.3) is 0 Å². The summed E-state index contributed by atoms with van der Waals surface area (Å²) in [4.78, 5) is 21.9. The second-order valence-electron chi connectivity index (χ2n) is 3.68. The zero-order valence-electron chi connectivity index (χ0n) is 9.51. The van der Waals surface area contributed by atoms with Crippen LogP contribution < -0.4 is 0 Å². The number of rotatable bonds is 4. The van der Waals surface area contributed by atoms with Gasteiger partial charge in [-0.15, -0.1) is 0 Å². The second kappa shape index (κ2) is 5.40. The normalized spacial score (nSPS) is 28.2. The van der Waals surface area contributed by atoms with Crippen LogP contribution in [0.2, 0.25) is 0 Å². The molecule has 0 aliphatic heterocycles. The molecule has 0 spiro atoms. The van der Waals surface area contributed by atoms with Crippen molar-refractivity contribution in [3.8, 4) is 0 Å². The fourth-order valence-corrected chi connectivity index (χ4v) is 1.58. The van der Waals surface area contributed by atoms with Gasteiger partial charge in [-0.25, -0.2) is 0 Å². The van der Waals surface area contributed by atoms with Crippen LogP contribution in [0, 0.1) is 0 Å². The Morgan fingerprint density at radius 2 is 2.24 bits per heavy atom. The number of hydrogen-bond donors (Lipinski definition) is 1. The minimum absolute atomic E-state index is 0.409. The smallest absolute Gasteiger partial charge is 0.245 e. The molecule has 17 heavy (non-hydrogen) atoms. The number of methoxy groups -OCH3 is 1. The number of ketones is 1. The number of allylic oxidation sites excluding steroid dienone is 4. The molecular weight excluding hydrogens is 244 g/mol. The highest BCUT2D eigenvalue weighted by atomic mass is 35.5. The Bertz CT molecular complexity index is 422. The Hall–Kier alpha value is -1.23. The van der Waals surface area contributed by atoms with Gasteiger partial charge in [0.2, 0.25) is 5.24 Å². The molecule has 0 aromatic carbocycles. The monoisotopic (exact) mass is 256 g/mol. The molecule has 1 rings (SSSR count). The van der Waals surface area contributed by atoms with E-state index in [1.807, 2.05) is 0 Å². The van der Waals surface area contributed by atoms with Crippen molar-refractivity contribution in [2.24, 2.45) is 0 Å². The molecule has 0 saturated heterocycles. The fourth-order valence-electron chi connectivity index (χ4n) is 1.51. The summed E-state index contributed by atoms with van der Waals surface area (Å²) >= 11 is 5.16. The molecule has 0 radical (unpaired) electrons. The maximum atomic E-state index is 11.4. The molecule has 92 valence electrons. The summed E-state index contributed by atoms with van der Waals surface area (Å²) < 4.78 is 5.05. The van der Waals surface area contributed by atoms with Crippen molar-refractivity contribution >= 4 is 22.6 Å². The van der Waals surface area contributed by atoms with E-state index in [1.165, 1.54) is 38.3 Å². The molecule has 1 N–H and O–H groups in total. The van der Waals surface area contributed by atoms with Gasteiger partial charge in [-0.05, 0) is 42.3 Å². The third kappa shape index (κ3) is 3.12. The van der Waals surface area contributed by atoms with Crippen LogP contribution in [0.15, 0.2) is 36.0 Å². The van der Waals surface area contributed by atoms with E-state index in [1.54, 1.807) is 6.08 Å². The van der Waals surface area contributed by atoms with Crippen molar-refractivity contribution in [2.75, 3.05) is 7.11 Å². The topological polar surface area (TPSA) is 63.6 Å². The van der Waals surface area contributed by atoms with Crippen LogP contribution in [0.1, 0.15) is 6.92 Å². The second-order valence-corrected chi connectivity index (χ2v) is 4.05. The summed E-state index contributed by atoms with van der Waals surface area (Å²) in [5, 5.41) is 9.48. The molecule has 0 aromatic rings. The minimum Gasteiger partial charge on any atom is -0.375 e. The Morgan fingerprint density at radius 3 is 2.71 bits per heavy atom. The molecule has 0 heterocycles. The van der Waals surface area contributed by atoms with Gasteiger partial charge < -0.3 is 9.84 Å². The van der Waals surface area contributed by atoms with Crippen molar-refractivity contribution < 1.29 is 19.4 Å². The Balaban J connectivity index is 2.98. The highest BCUT2D eigenvalue weighted by Crippen LogP contribution is 2.25. The Morgan fingerprint density at radius 1 is 1.59 bits per heavy atom. The zero-order chi connectivity index (χ0) is 13.1. The lowest BCUT2D eigenvalue weighted by atomic mass is 9.86. The molecule has 0 bridgehead atoms. The number of hydrogen-bond acceptors (Lipinski definition) is 4. The van der Waals surface area contributed by atoms with Gasteiger partial charge in [0.15, 0.2) is 11.4 Å². The molecule has 0 saturated carbocycles. The van der Waals surface area contributed by atoms with Crippen LogP contribution in [0.3, 0.4) is 0 Å². The van der Waals surface area contributed by atoms with Gasteiger partial charge in [-0.3, -0.25) is 9.59 Å². The molecule has 1 aliphatic carbocycles. The molecule has 0 amide bonds. The van der Waals surface area contributed by atoms with Crippen LogP contribution in [0.5, 0.6) is 0 Å². The van der Waals surface area contributed by atoms with Gasteiger partial charge in [0.05, 0.1) is 0 Å². The van der Waals surface area contributed by atoms with E-state index in [2.05, 4.69) is 0 Å². The molecular formula is C12H13ClO4.